The molecular formula is C48H68Cl4N8O4. The number of hydrogen-bond acceptors (Lipinski definition) is 4. The van der Waals surface area contributed by atoms with Crippen LogP contribution in [0.4, 0.5) is 0 Å². The lowest BCUT2D eigenvalue weighted by atomic mass is 10.0. The molecule has 2 aliphatic heterocycles. The second kappa shape index (κ2) is 29.3. The molecule has 0 radical (unpaired) electrons. The summed E-state index contributed by atoms with van der Waals surface area (Å²) >= 11 is 0. The number of aromatic amines is 2. The number of amides is 4. The van der Waals surface area contributed by atoms with E-state index in [9.17, 15) is 19.2 Å². The van der Waals surface area contributed by atoms with Crippen molar-refractivity contribution in [2.75, 3.05) is 13.1 Å². The highest BCUT2D eigenvalue weighted by Gasteiger charge is 2.40. The van der Waals surface area contributed by atoms with Gasteiger partial charge in [0.25, 0.3) is 11.8 Å². The molecule has 2 aromatic heterocycles. The fourth-order valence-corrected chi connectivity index (χ4v) is 8.38. The third-order valence-corrected chi connectivity index (χ3v) is 11.3. The van der Waals surface area contributed by atoms with Gasteiger partial charge in [-0.05, 0) is 48.6 Å². The van der Waals surface area contributed by atoms with Gasteiger partial charge in [-0.1, -0.05) is 100 Å². The van der Waals surface area contributed by atoms with Gasteiger partial charge in [0.1, 0.15) is 12.1 Å². The number of aromatic nitrogens is 2. The van der Waals surface area contributed by atoms with Crippen molar-refractivity contribution in [2.24, 2.45) is 11.8 Å². The first kappa shape index (κ1) is 57.7. The van der Waals surface area contributed by atoms with Crippen LogP contribution in [0.1, 0.15) is 101 Å². The van der Waals surface area contributed by atoms with Gasteiger partial charge < -0.3 is 81.5 Å². The molecule has 64 heavy (non-hydrogen) atoms. The molecular weight excluding hydrogens is 894 g/mol. The summed E-state index contributed by atoms with van der Waals surface area (Å²) in [5, 5.41) is 6.43. The Kier molecular flexibility index (Phi) is 26.4. The summed E-state index contributed by atoms with van der Waals surface area (Å²) in [6.45, 7) is 9.61. The van der Waals surface area contributed by atoms with E-state index in [4.69, 9.17) is 0 Å². The summed E-state index contributed by atoms with van der Waals surface area (Å²) in [6, 6.07) is 30.1. The maximum Gasteiger partial charge on any atom is 0.281 e. The predicted molar refractivity (Wildman–Crippen MR) is 230 cm³/mol. The molecule has 0 saturated carbocycles. The molecule has 2 aromatic carbocycles. The lowest BCUT2D eigenvalue weighted by Gasteiger charge is -2.27. The van der Waals surface area contributed by atoms with Crippen LogP contribution in [0, 0.1) is 11.8 Å². The molecule has 4 heterocycles. The smallest absolute Gasteiger partial charge is 0.281 e. The quantitative estimate of drug-likeness (QED) is 0.0872. The lowest BCUT2D eigenvalue weighted by Crippen LogP contribution is -3.00. The largest absolute Gasteiger partial charge is 1.00 e. The number of halogens is 4. The molecule has 0 unspecified atom stereocenters. The van der Waals surface area contributed by atoms with Crippen LogP contribution in [0.5, 0.6) is 0 Å². The van der Waals surface area contributed by atoms with Crippen molar-refractivity contribution >= 4 is 23.6 Å². The maximum absolute atomic E-state index is 13.2. The number of pyridine rings is 2. The van der Waals surface area contributed by atoms with E-state index in [0.29, 0.717) is 50.6 Å². The molecule has 16 heteroatoms. The zero-order valence-electron chi connectivity index (χ0n) is 37.5. The standard InChI is InChI=1S/2C24H32N4O2.4ClH/c2*1-17(2)15-20(25)24(30)28-14-8-12-22(28)23(29)27-21(18-9-4-3-5-10-18)16-19-11-6-7-13-26-19;;;;/h2*3-7,9-11,13,17,20-22H,8,12,14-16,25H2,1-2H3,(H,27,29);4*1H/t2*20-,21-,22-;;;;/m00..../s1. The van der Waals surface area contributed by atoms with E-state index in [0.717, 1.165) is 48.2 Å². The Labute approximate surface area is 404 Å². The van der Waals surface area contributed by atoms with Gasteiger partial charge >= 0.3 is 0 Å². The average Bonchev–Trinajstić information content (AvgIpc) is 3.95. The Morgan fingerprint density at radius 2 is 0.906 bits per heavy atom. The molecule has 352 valence electrons. The van der Waals surface area contributed by atoms with Crippen LogP contribution in [0.3, 0.4) is 0 Å². The summed E-state index contributed by atoms with van der Waals surface area (Å²) in [5.41, 5.74) is 12.3. The number of H-pyrrole nitrogens is 2. The number of benzene rings is 2. The van der Waals surface area contributed by atoms with Crippen molar-refractivity contribution in [1.82, 2.24) is 20.4 Å². The first-order valence-corrected chi connectivity index (χ1v) is 21.8. The number of nitrogens with zero attached hydrogens (tertiary/aromatic N) is 2. The van der Waals surface area contributed by atoms with E-state index < -0.39 is 12.1 Å². The minimum absolute atomic E-state index is 0. The summed E-state index contributed by atoms with van der Waals surface area (Å²) in [5.74, 6) is 0.625. The van der Waals surface area contributed by atoms with Gasteiger partial charge in [0, 0.05) is 50.2 Å². The first-order chi connectivity index (χ1) is 28.9. The monoisotopic (exact) mass is 960 g/mol. The fraction of sp³-hybridized carbons (Fsp3) is 0.458. The highest BCUT2D eigenvalue weighted by Crippen LogP contribution is 2.24. The third kappa shape index (κ3) is 17.2. The second-order valence-corrected chi connectivity index (χ2v) is 17.2. The van der Waals surface area contributed by atoms with E-state index in [-0.39, 0.29) is 97.4 Å². The molecule has 4 amide bonds. The van der Waals surface area contributed by atoms with Gasteiger partial charge in [0.15, 0.2) is 35.9 Å². The van der Waals surface area contributed by atoms with Crippen LogP contribution in [0.2, 0.25) is 0 Å². The Bertz CT molecular complexity index is 1810. The first-order valence-electron chi connectivity index (χ1n) is 21.8. The minimum atomic E-state index is -0.417. The normalized spacial score (nSPS) is 17.1. The van der Waals surface area contributed by atoms with Crippen molar-refractivity contribution in [3.05, 3.63) is 132 Å². The lowest BCUT2D eigenvalue weighted by molar-refractivity contribution is -0.409. The third-order valence-electron chi connectivity index (χ3n) is 11.3. The van der Waals surface area contributed by atoms with Crippen molar-refractivity contribution < 1.29 is 90.2 Å². The summed E-state index contributed by atoms with van der Waals surface area (Å²) in [6.07, 6.45) is 9.65. The molecule has 6 atom stereocenters. The molecule has 4 aromatic rings. The molecule has 0 aliphatic carbocycles. The van der Waals surface area contributed by atoms with E-state index in [1.807, 2.05) is 109 Å². The number of nitrogens with one attached hydrogen (secondary N) is 4. The summed E-state index contributed by atoms with van der Waals surface area (Å²) < 4.78 is 0. The number of carbonyl (C=O) groups excluding carboxylic acids is 4. The van der Waals surface area contributed by atoms with Crippen molar-refractivity contribution in [3.63, 3.8) is 0 Å². The average molecular weight is 963 g/mol. The highest BCUT2D eigenvalue weighted by molar-refractivity contribution is 5.90. The number of likely N-dealkylation sites (tertiary alicyclic amines) is 2. The van der Waals surface area contributed by atoms with Crippen LogP contribution in [-0.2, 0) is 32.0 Å². The van der Waals surface area contributed by atoms with E-state index in [2.05, 4.69) is 59.8 Å². The summed E-state index contributed by atoms with van der Waals surface area (Å²) in [4.78, 5) is 62.3. The Morgan fingerprint density at radius 1 is 0.562 bits per heavy atom. The molecule has 10 N–H and O–H groups in total. The number of quaternary nitrogens is 2. The van der Waals surface area contributed by atoms with Crippen LogP contribution < -0.4 is 81.7 Å². The molecule has 2 fully saturated rings. The van der Waals surface area contributed by atoms with Crippen molar-refractivity contribution in [3.8, 4) is 0 Å². The Morgan fingerprint density at radius 3 is 1.22 bits per heavy atom. The van der Waals surface area contributed by atoms with Crippen LogP contribution >= 0.6 is 0 Å². The number of carbonyl (C=O) groups is 4. The summed E-state index contributed by atoms with van der Waals surface area (Å²) in [7, 11) is 0. The molecule has 12 nitrogen and oxygen atoms in total. The van der Waals surface area contributed by atoms with Gasteiger partial charge in [-0.25, -0.2) is 9.97 Å². The molecule has 2 aliphatic rings. The molecule has 6 rings (SSSR count). The molecule has 0 bridgehead atoms. The fourth-order valence-electron chi connectivity index (χ4n) is 8.38. The van der Waals surface area contributed by atoms with Gasteiger partial charge in [0.2, 0.25) is 11.8 Å². The van der Waals surface area contributed by atoms with E-state index in [1.165, 1.54) is 0 Å². The number of rotatable bonds is 16. The predicted octanol–water partition coefficient (Wildman–Crippen LogP) is -8.89. The number of hydrogen-bond donors (Lipinski definition) is 4. The van der Waals surface area contributed by atoms with E-state index >= 15 is 0 Å². The van der Waals surface area contributed by atoms with Crippen LogP contribution in [-0.4, -0.2) is 70.7 Å². The van der Waals surface area contributed by atoms with Gasteiger partial charge in [-0.15, -0.1) is 0 Å². The highest BCUT2D eigenvalue weighted by atomic mass is 35.5. The van der Waals surface area contributed by atoms with Gasteiger partial charge in [-0.2, -0.15) is 0 Å². The molecule has 2 saturated heterocycles. The minimum Gasteiger partial charge on any atom is -1.00 e. The zero-order valence-corrected chi connectivity index (χ0v) is 40.6. The Hall–Kier alpha value is -4.30. The zero-order chi connectivity index (χ0) is 43.0. The van der Waals surface area contributed by atoms with Crippen LogP contribution in [0.15, 0.2) is 109 Å². The van der Waals surface area contributed by atoms with Gasteiger partial charge in [-0.3, -0.25) is 19.2 Å². The topological polar surface area (TPSA) is 182 Å². The maximum atomic E-state index is 13.2. The SMILES string of the molecule is CC(C)C[C@H]([NH3+])C(=O)N1CCC[C@H]1C(=O)N[C@@H](Cc1cccc[nH+]1)c1ccccc1.CC(C)C[C@H]([NH3+])C(=O)N1CCC[C@H]1C(=O)N[C@@H](Cc1cccc[nH+]1)c1ccccc1.[Cl-].[Cl-].[Cl-].[Cl-]. The second-order valence-electron chi connectivity index (χ2n) is 17.2. The van der Waals surface area contributed by atoms with Crippen molar-refractivity contribution in [2.45, 2.75) is 115 Å². The van der Waals surface area contributed by atoms with Gasteiger partial charge in [0.05, 0.1) is 24.9 Å². The van der Waals surface area contributed by atoms with E-state index in [1.54, 1.807) is 9.80 Å². The Balaban J connectivity index is 0.000000602. The van der Waals surface area contributed by atoms with Crippen molar-refractivity contribution in [1.29, 1.82) is 0 Å². The molecule has 0 spiro atoms. The van der Waals surface area contributed by atoms with Crippen LogP contribution in [0.25, 0.3) is 0 Å².